The third-order valence-corrected chi connectivity index (χ3v) is 23.2. The van der Waals surface area contributed by atoms with Gasteiger partial charge in [-0.25, -0.2) is 26.3 Å². The zero-order chi connectivity index (χ0) is 53.9. The van der Waals surface area contributed by atoms with Crippen LogP contribution in [-0.2, 0) is 39.1 Å². The lowest BCUT2D eigenvalue weighted by Gasteiger charge is -2.41. The fourth-order valence-electron chi connectivity index (χ4n) is 12.2. The second kappa shape index (κ2) is 26.3. The van der Waals surface area contributed by atoms with Crippen LogP contribution in [0.4, 0.5) is 0 Å². The average molecular weight is 1020 g/mol. The molecule has 0 bridgehead atoms. The Bertz CT molecular complexity index is 1750. The first kappa shape index (κ1) is 65.7. The molecule has 6 rings (SSSR count). The quantitative estimate of drug-likeness (QED) is 0.159. The van der Waals surface area contributed by atoms with Crippen molar-refractivity contribution in [2.24, 2.45) is 92.2 Å². The molecule has 4 N–H and O–H groups in total. The number of nitrogens with one attached hydrogen (secondary N) is 4. The number of amides is 2. The fourth-order valence-corrected chi connectivity index (χ4v) is 16.5. The topological polar surface area (TPSA) is 169 Å². The first-order valence-corrected chi connectivity index (χ1v) is 30.2. The minimum atomic E-state index is -3.10. The van der Waals surface area contributed by atoms with Gasteiger partial charge < -0.3 is 20.1 Å². The maximum atomic E-state index is 11.9. The Kier molecular flexibility index (Phi) is 25.0. The van der Waals surface area contributed by atoms with Gasteiger partial charge in [-0.05, 0) is 84.4 Å². The van der Waals surface area contributed by atoms with Crippen LogP contribution in [0.5, 0.6) is 0 Å². The number of ether oxygens (including phenoxy) is 2. The summed E-state index contributed by atoms with van der Waals surface area (Å²) < 4.78 is 61.7. The van der Waals surface area contributed by atoms with E-state index in [2.05, 4.69) is 152 Å². The Labute approximate surface area is 426 Å². The zero-order valence-corrected chi connectivity index (χ0v) is 50.3. The molecule has 0 aromatic carbocycles. The Morgan fingerprint density at radius 2 is 0.928 bits per heavy atom. The highest BCUT2D eigenvalue weighted by atomic mass is 32.2. The van der Waals surface area contributed by atoms with Gasteiger partial charge in [-0.1, -0.05) is 159 Å². The van der Waals surface area contributed by atoms with Crippen molar-refractivity contribution >= 4 is 31.9 Å². The Hall–Kier alpha value is -1.32. The van der Waals surface area contributed by atoms with Crippen molar-refractivity contribution in [3.63, 3.8) is 0 Å². The highest BCUT2D eigenvalue weighted by Gasteiger charge is 2.52. The molecule has 6 heterocycles. The normalized spacial score (nSPS) is 24.0. The van der Waals surface area contributed by atoms with Gasteiger partial charge >= 0.3 is 0 Å². The molecule has 2 amide bonds. The van der Waals surface area contributed by atoms with E-state index in [4.69, 9.17) is 9.47 Å². The zero-order valence-electron chi connectivity index (χ0n) is 48.6. The predicted octanol–water partition coefficient (Wildman–Crippen LogP) is 10.6. The fraction of sp³-hybridized carbons (Fsp3) is 0.964. The third-order valence-electron chi connectivity index (χ3n) is 19.0. The summed E-state index contributed by atoms with van der Waals surface area (Å²) in [7, 11) is -6.09. The molecular formula is C55H110N4O8S2. The number of hydrogen-bond donors (Lipinski definition) is 4. The van der Waals surface area contributed by atoms with Crippen LogP contribution in [0.1, 0.15) is 185 Å². The van der Waals surface area contributed by atoms with Crippen molar-refractivity contribution in [3.8, 4) is 0 Å². The monoisotopic (exact) mass is 1020 g/mol. The summed E-state index contributed by atoms with van der Waals surface area (Å²) in [6.45, 7) is 56.6. The lowest BCUT2D eigenvalue weighted by molar-refractivity contribution is -0.132. The molecule has 12 nitrogen and oxygen atoms in total. The maximum Gasteiger partial charge on any atom is 0.226 e. The molecule has 69 heavy (non-hydrogen) atoms. The number of hydrogen-bond acceptors (Lipinski definition) is 8. The Balaban J connectivity index is 0.000000416. The van der Waals surface area contributed by atoms with Crippen LogP contribution in [0, 0.1) is 92.2 Å². The van der Waals surface area contributed by atoms with Gasteiger partial charge in [0.2, 0.25) is 31.9 Å². The van der Waals surface area contributed by atoms with Crippen LogP contribution in [0.15, 0.2) is 0 Å². The molecule has 14 heteroatoms. The minimum absolute atomic E-state index is 0.0706. The second-order valence-corrected chi connectivity index (χ2v) is 29.4. The van der Waals surface area contributed by atoms with E-state index in [0.717, 1.165) is 70.1 Å². The number of carbonyl (C=O) groups is 2. The van der Waals surface area contributed by atoms with Crippen molar-refractivity contribution in [2.45, 2.75) is 190 Å². The van der Waals surface area contributed by atoms with Gasteiger partial charge in [-0.15, -0.1) is 0 Å². The van der Waals surface area contributed by atoms with Crippen molar-refractivity contribution < 1.29 is 35.9 Å². The highest BCUT2D eigenvalue weighted by Crippen LogP contribution is 2.45. The summed E-state index contributed by atoms with van der Waals surface area (Å²) in [6.07, 6.45) is 3.70. The average Bonchev–Trinajstić information content (AvgIpc) is 4.05. The molecule has 0 atom stereocenters. The highest BCUT2D eigenvalue weighted by molar-refractivity contribution is 7.91. The summed E-state index contributed by atoms with van der Waals surface area (Å²) in [5.41, 5.74) is 1.01. The maximum absolute atomic E-state index is 11.9. The molecule has 6 aliphatic rings. The summed E-state index contributed by atoms with van der Waals surface area (Å²) in [4.78, 5) is 22.8. The van der Waals surface area contributed by atoms with Crippen LogP contribution < -0.4 is 20.1 Å². The Morgan fingerprint density at radius 3 is 1.07 bits per heavy atom. The van der Waals surface area contributed by atoms with E-state index < -0.39 is 24.8 Å². The van der Waals surface area contributed by atoms with Gasteiger partial charge in [0.15, 0.2) is 0 Å². The number of carbonyl (C=O) groups excluding carboxylic acids is 2. The van der Waals surface area contributed by atoms with Crippen molar-refractivity contribution in [1.82, 2.24) is 20.1 Å². The van der Waals surface area contributed by atoms with Crippen molar-refractivity contribution in [2.75, 3.05) is 58.4 Å². The van der Waals surface area contributed by atoms with Gasteiger partial charge in [0, 0.05) is 60.9 Å². The lowest BCUT2D eigenvalue weighted by atomic mass is 9.68. The van der Waals surface area contributed by atoms with Gasteiger partial charge in [-0.3, -0.25) is 9.59 Å². The molecule has 0 aliphatic carbocycles. The first-order valence-electron chi connectivity index (χ1n) is 27.1. The molecule has 6 saturated heterocycles. The Morgan fingerprint density at radius 1 is 0.464 bits per heavy atom. The van der Waals surface area contributed by atoms with Gasteiger partial charge in [-0.2, -0.15) is 0 Å². The molecular weight excluding hydrogens is 909 g/mol. The largest absolute Gasteiger partial charge is 0.381 e. The summed E-state index contributed by atoms with van der Waals surface area (Å²) >= 11 is 0. The molecule has 6 fully saturated rings. The van der Waals surface area contributed by atoms with Crippen LogP contribution in [0.25, 0.3) is 0 Å². The van der Waals surface area contributed by atoms with Crippen LogP contribution in [-0.4, -0.2) is 91.8 Å². The number of rotatable bonds is 11. The van der Waals surface area contributed by atoms with Gasteiger partial charge in [0.1, 0.15) is 0 Å². The standard InChI is InChI=1S/2C10H19NO.C10H20O.2C9H19NO2S.C7H14O/c1-7(2)10(8(3)4)5-9(12)11-6-10;1-7(2)10(8(3)4)5-6-11-9(10)12;1-8(2)10(9(3)4)5-6-11-7-10;1-7(2)9(8(3)4)5-10-13(11,12)6-9;1-7(2)9(8(3)4)5-6-10-13(9,11)12;1-6(2)7(3)4-8-5-7/h2*7-8H,5-6H2,1-4H3,(H,11,12);8-9H,5-7H2,1-4H3;2*7-8,10H,5-6H2,1-4H3;6H,4-5H2,1-3H3. The third kappa shape index (κ3) is 15.2. The molecule has 410 valence electrons. The van der Waals surface area contributed by atoms with Crippen LogP contribution in [0.3, 0.4) is 0 Å². The smallest absolute Gasteiger partial charge is 0.226 e. The lowest BCUT2D eigenvalue weighted by Crippen LogP contribution is -2.46. The molecule has 0 unspecified atom stereocenters. The first-order chi connectivity index (χ1) is 31.4. The van der Waals surface area contributed by atoms with Crippen molar-refractivity contribution in [1.29, 1.82) is 0 Å². The molecule has 0 aromatic heterocycles. The molecule has 0 radical (unpaired) electrons. The number of sulfonamides is 2. The summed E-state index contributed by atoms with van der Waals surface area (Å²) in [5, 5.41) is 5.87. The van der Waals surface area contributed by atoms with E-state index in [-0.39, 0.29) is 45.6 Å². The molecule has 0 aromatic rings. The molecule has 6 aliphatic heterocycles. The second-order valence-electron chi connectivity index (χ2n) is 25.5. The van der Waals surface area contributed by atoms with E-state index in [1.54, 1.807) is 0 Å². The van der Waals surface area contributed by atoms with E-state index in [1.807, 2.05) is 27.7 Å². The predicted molar refractivity (Wildman–Crippen MR) is 289 cm³/mol. The molecule has 0 spiro atoms. The van der Waals surface area contributed by atoms with Crippen molar-refractivity contribution in [3.05, 3.63) is 0 Å². The molecule has 0 saturated carbocycles. The SMILES string of the molecule is CC(C)C1(C(C)C)CCNC1=O.CC(C)C1(C(C)C)CCNS1(=O)=O.CC(C)C1(C(C)C)CCOC1.CC(C)C1(C(C)C)CNC(=O)C1.CC(C)C1(C(C)C)CNS(=O)(=O)C1.CC(C)C1(C)COC1. The van der Waals surface area contributed by atoms with E-state index in [0.29, 0.717) is 65.8 Å². The van der Waals surface area contributed by atoms with E-state index in [1.165, 1.54) is 6.42 Å². The summed E-state index contributed by atoms with van der Waals surface area (Å²) in [6, 6.07) is 0. The van der Waals surface area contributed by atoms with E-state index >= 15 is 0 Å². The van der Waals surface area contributed by atoms with Gasteiger partial charge in [0.05, 0.1) is 35.7 Å². The summed E-state index contributed by atoms with van der Waals surface area (Å²) in [5.74, 6) is 6.24. The minimum Gasteiger partial charge on any atom is -0.381 e. The van der Waals surface area contributed by atoms with Gasteiger partial charge in [0.25, 0.3) is 0 Å². The van der Waals surface area contributed by atoms with Crippen LogP contribution in [0.2, 0.25) is 0 Å². The van der Waals surface area contributed by atoms with Crippen LogP contribution >= 0.6 is 0 Å². The van der Waals surface area contributed by atoms with E-state index in [9.17, 15) is 26.4 Å².